The molecule has 7 nitrogen and oxygen atoms in total. The summed E-state index contributed by atoms with van der Waals surface area (Å²) < 4.78 is 6.49. The van der Waals surface area contributed by atoms with Crippen molar-refractivity contribution in [1.29, 1.82) is 0 Å². The fraction of sp³-hybridized carbons (Fsp3) is 0.409. The van der Waals surface area contributed by atoms with Gasteiger partial charge >= 0.3 is 6.09 Å². The third-order valence-electron chi connectivity index (χ3n) is 4.34. The molecule has 9 heteroatoms. The second kappa shape index (κ2) is 9.23. The monoisotopic (exact) mass is 460 g/mol. The largest absolute Gasteiger partial charge is 0.444 e. The van der Waals surface area contributed by atoms with Crippen LogP contribution in [0.25, 0.3) is 9.53 Å². The van der Waals surface area contributed by atoms with Crippen molar-refractivity contribution in [3.63, 3.8) is 0 Å². The molecule has 166 valence electrons. The first kappa shape index (κ1) is 23.0. The molecule has 2 aromatic heterocycles. The highest BCUT2D eigenvalue weighted by molar-refractivity contribution is 7.29. The number of hydrogen-bond donors (Lipinski definition) is 1. The Morgan fingerprint density at radius 2 is 1.87 bits per heavy atom. The summed E-state index contributed by atoms with van der Waals surface area (Å²) in [6, 6.07) is 9.37. The van der Waals surface area contributed by atoms with Gasteiger partial charge in [0.2, 0.25) is 0 Å². The molecule has 0 fully saturated rings. The predicted octanol–water partition coefficient (Wildman–Crippen LogP) is 5.43. The molecule has 0 unspecified atom stereocenters. The normalized spacial score (nSPS) is 11.4. The highest BCUT2D eigenvalue weighted by atomic mass is 32.1. The molecule has 0 saturated heterocycles. The Hall–Kier alpha value is -2.65. The lowest BCUT2D eigenvalue weighted by Crippen LogP contribution is -2.36. The molecule has 31 heavy (non-hydrogen) atoms. The summed E-state index contributed by atoms with van der Waals surface area (Å²) in [6.07, 6.45) is -0.377. The van der Waals surface area contributed by atoms with Gasteiger partial charge in [0.15, 0.2) is 5.13 Å². The van der Waals surface area contributed by atoms with Gasteiger partial charge in [0.1, 0.15) is 10.4 Å². The minimum Gasteiger partial charge on any atom is -0.444 e. The molecule has 0 aliphatic rings. The van der Waals surface area contributed by atoms with Gasteiger partial charge in [0.25, 0.3) is 5.91 Å². The molecule has 2 amide bonds. The van der Waals surface area contributed by atoms with Crippen LogP contribution in [0.2, 0.25) is 0 Å². The van der Waals surface area contributed by atoms with E-state index in [0.717, 1.165) is 20.2 Å². The van der Waals surface area contributed by atoms with Crippen molar-refractivity contribution in [3.05, 3.63) is 40.8 Å². The summed E-state index contributed by atoms with van der Waals surface area (Å²) in [4.78, 5) is 35.0. The van der Waals surface area contributed by atoms with E-state index in [4.69, 9.17) is 4.74 Å². The minimum absolute atomic E-state index is 0.186. The molecule has 0 spiro atoms. The van der Waals surface area contributed by atoms with Gasteiger partial charge in [-0.15, -0.1) is 11.3 Å². The summed E-state index contributed by atoms with van der Waals surface area (Å²) in [5, 5.41) is 3.91. The lowest BCUT2D eigenvalue weighted by atomic mass is 10.1. The van der Waals surface area contributed by atoms with Gasteiger partial charge in [0, 0.05) is 26.3 Å². The number of aromatic nitrogens is 1. The second-order valence-corrected chi connectivity index (χ2v) is 10.3. The summed E-state index contributed by atoms with van der Waals surface area (Å²) in [6.45, 7) is 8.27. The molecule has 2 heterocycles. The first-order valence-corrected chi connectivity index (χ1v) is 11.7. The lowest BCUT2D eigenvalue weighted by molar-refractivity contribution is 0.0245. The maximum absolute atomic E-state index is 12.9. The first-order chi connectivity index (χ1) is 14.6. The van der Waals surface area contributed by atoms with E-state index in [1.165, 1.54) is 11.3 Å². The van der Waals surface area contributed by atoms with E-state index < -0.39 is 5.60 Å². The minimum atomic E-state index is -0.565. The van der Waals surface area contributed by atoms with Gasteiger partial charge in [0.05, 0.1) is 16.1 Å². The third kappa shape index (κ3) is 5.74. The van der Waals surface area contributed by atoms with Gasteiger partial charge in [-0.05, 0) is 45.4 Å². The maximum atomic E-state index is 12.9. The fourth-order valence-electron chi connectivity index (χ4n) is 2.83. The molecule has 3 aromatic rings. The Morgan fingerprint density at radius 3 is 2.48 bits per heavy atom. The zero-order valence-electron chi connectivity index (χ0n) is 18.7. The van der Waals surface area contributed by atoms with Crippen molar-refractivity contribution in [2.75, 3.05) is 30.9 Å². The molecule has 1 N–H and O–H groups in total. The summed E-state index contributed by atoms with van der Waals surface area (Å²) >= 11 is 2.93. The Morgan fingerprint density at radius 1 is 1.16 bits per heavy atom. The van der Waals surface area contributed by atoms with Gasteiger partial charge in [-0.2, -0.15) is 0 Å². The first-order valence-electron chi connectivity index (χ1n) is 10.0. The van der Waals surface area contributed by atoms with Crippen molar-refractivity contribution in [1.82, 2.24) is 9.88 Å². The van der Waals surface area contributed by atoms with Gasteiger partial charge < -0.3 is 19.9 Å². The topological polar surface area (TPSA) is 74.8 Å². The van der Waals surface area contributed by atoms with Crippen LogP contribution in [0.5, 0.6) is 0 Å². The van der Waals surface area contributed by atoms with Crippen molar-refractivity contribution in [2.45, 2.75) is 39.8 Å². The number of fused-ring (bicyclic) bond motifs is 1. The highest BCUT2D eigenvalue weighted by Crippen LogP contribution is 2.34. The molecule has 0 bridgehead atoms. The van der Waals surface area contributed by atoms with E-state index in [2.05, 4.69) is 10.3 Å². The quantitative estimate of drug-likeness (QED) is 0.531. The van der Waals surface area contributed by atoms with Gasteiger partial charge in [-0.25, -0.2) is 9.78 Å². The van der Waals surface area contributed by atoms with Gasteiger partial charge in [-0.1, -0.05) is 29.5 Å². The maximum Gasteiger partial charge on any atom is 0.410 e. The average Bonchev–Trinajstić information content (AvgIpc) is 3.25. The molecule has 0 radical (unpaired) electrons. The third-order valence-corrected chi connectivity index (χ3v) is 6.67. The molecule has 0 aliphatic heterocycles. The molecule has 0 aliphatic carbocycles. The standard InChI is InChI=1S/C22H28N4O3S2/c1-7-26(21(28)29-22(2,3)4)13-14-10-8-9-11-15(14)23-18(27)16-12-17-19(30-16)24-20(31-17)25(5)6/h8-12H,7,13H2,1-6H3,(H,23,27). The van der Waals surface area contributed by atoms with Crippen LogP contribution in [0.15, 0.2) is 30.3 Å². The smallest absolute Gasteiger partial charge is 0.410 e. The number of benzene rings is 1. The average molecular weight is 461 g/mol. The van der Waals surface area contributed by atoms with Crippen LogP contribution in [0.3, 0.4) is 0 Å². The van der Waals surface area contributed by atoms with Crippen LogP contribution in [0.4, 0.5) is 15.6 Å². The summed E-state index contributed by atoms with van der Waals surface area (Å²) in [5.41, 5.74) is 0.952. The molecule has 0 atom stereocenters. The SMILES string of the molecule is CCN(Cc1ccccc1NC(=O)c1cc2sc(N(C)C)nc2s1)C(=O)OC(C)(C)C. The number of carbonyl (C=O) groups is 2. The van der Waals surface area contributed by atoms with Crippen LogP contribution < -0.4 is 10.2 Å². The molecule has 3 rings (SSSR count). The number of nitrogens with one attached hydrogen (secondary N) is 1. The predicted molar refractivity (Wildman–Crippen MR) is 129 cm³/mol. The van der Waals surface area contributed by atoms with E-state index >= 15 is 0 Å². The lowest BCUT2D eigenvalue weighted by Gasteiger charge is -2.27. The number of para-hydroxylation sites is 1. The Balaban J connectivity index is 1.76. The van der Waals surface area contributed by atoms with E-state index in [0.29, 0.717) is 23.7 Å². The van der Waals surface area contributed by atoms with Crippen molar-refractivity contribution in [3.8, 4) is 0 Å². The molecular weight excluding hydrogens is 432 g/mol. The number of nitrogens with zero attached hydrogens (tertiary/aromatic N) is 3. The number of carbonyl (C=O) groups excluding carboxylic acids is 2. The molecule has 0 saturated carbocycles. The van der Waals surface area contributed by atoms with E-state index in [-0.39, 0.29) is 12.0 Å². The number of rotatable bonds is 6. The van der Waals surface area contributed by atoms with Crippen LogP contribution in [0, 0.1) is 0 Å². The number of ether oxygens (including phenoxy) is 1. The number of anilines is 2. The Kier molecular flexibility index (Phi) is 6.86. The fourth-order valence-corrected chi connectivity index (χ4v) is 4.86. The Bertz CT molecular complexity index is 1050. The van der Waals surface area contributed by atoms with Crippen LogP contribution in [-0.4, -0.2) is 48.1 Å². The second-order valence-electron chi connectivity index (χ2n) is 8.28. The number of thiazole rings is 1. The summed E-state index contributed by atoms with van der Waals surface area (Å²) in [5.74, 6) is -0.186. The van der Waals surface area contributed by atoms with Crippen LogP contribution in [0.1, 0.15) is 42.9 Å². The van der Waals surface area contributed by atoms with E-state index in [1.807, 2.05) is 77.0 Å². The Labute approximate surface area is 190 Å². The van der Waals surface area contributed by atoms with Gasteiger partial charge in [-0.3, -0.25) is 4.79 Å². The zero-order valence-corrected chi connectivity index (χ0v) is 20.3. The van der Waals surface area contributed by atoms with E-state index in [9.17, 15) is 9.59 Å². The molecule has 1 aromatic carbocycles. The van der Waals surface area contributed by atoms with Crippen LogP contribution in [-0.2, 0) is 11.3 Å². The van der Waals surface area contributed by atoms with Crippen LogP contribution >= 0.6 is 22.7 Å². The number of amides is 2. The van der Waals surface area contributed by atoms with Crippen molar-refractivity contribution in [2.24, 2.45) is 0 Å². The zero-order chi connectivity index (χ0) is 22.8. The van der Waals surface area contributed by atoms with Crippen molar-refractivity contribution >= 4 is 55.0 Å². The molecular formula is C22H28N4O3S2. The van der Waals surface area contributed by atoms with E-state index in [1.54, 1.807) is 16.2 Å². The highest BCUT2D eigenvalue weighted by Gasteiger charge is 2.22. The van der Waals surface area contributed by atoms with Crippen molar-refractivity contribution < 1.29 is 14.3 Å². The number of thiophene rings is 1. The summed E-state index contributed by atoms with van der Waals surface area (Å²) in [7, 11) is 3.90. The number of hydrogen-bond acceptors (Lipinski definition) is 7.